The number of hydrogen-bond acceptors (Lipinski definition) is 1. The summed E-state index contributed by atoms with van der Waals surface area (Å²) in [6, 6.07) is 4.04. The molecule has 0 saturated carbocycles. The standard InChI is InChI=1S/C11H12F5N/c1-7(17-2)8-4-3-5-9(6-8)10(12,13)11(14,15)16/h3-7,17H,1-2H3. The summed E-state index contributed by atoms with van der Waals surface area (Å²) in [5, 5.41) is 2.77. The Bertz CT molecular complexity index is 386. The Kier molecular flexibility index (Phi) is 3.76. The van der Waals surface area contributed by atoms with Crippen LogP contribution in [0, 0.1) is 0 Å². The van der Waals surface area contributed by atoms with Gasteiger partial charge in [-0.2, -0.15) is 22.0 Å². The summed E-state index contributed by atoms with van der Waals surface area (Å²) in [7, 11) is 1.60. The number of halogens is 5. The van der Waals surface area contributed by atoms with Gasteiger partial charge in [0.05, 0.1) is 0 Å². The van der Waals surface area contributed by atoms with Crippen molar-refractivity contribution in [3.63, 3.8) is 0 Å². The molecule has 17 heavy (non-hydrogen) atoms. The van der Waals surface area contributed by atoms with E-state index < -0.39 is 17.7 Å². The van der Waals surface area contributed by atoms with Crippen LogP contribution in [0.4, 0.5) is 22.0 Å². The highest BCUT2D eigenvalue weighted by molar-refractivity contribution is 5.29. The molecule has 0 saturated heterocycles. The molecule has 1 unspecified atom stereocenters. The van der Waals surface area contributed by atoms with E-state index in [9.17, 15) is 22.0 Å². The Labute approximate surface area is 95.6 Å². The van der Waals surface area contributed by atoms with E-state index in [4.69, 9.17) is 0 Å². The average molecular weight is 253 g/mol. The Balaban J connectivity index is 3.16. The van der Waals surface area contributed by atoms with E-state index in [-0.39, 0.29) is 6.04 Å². The molecule has 0 spiro atoms. The van der Waals surface area contributed by atoms with Gasteiger partial charge in [-0.25, -0.2) is 0 Å². The third-order valence-electron chi connectivity index (χ3n) is 2.54. The lowest BCUT2D eigenvalue weighted by Gasteiger charge is -2.21. The van der Waals surface area contributed by atoms with Gasteiger partial charge in [-0.3, -0.25) is 0 Å². The summed E-state index contributed by atoms with van der Waals surface area (Å²) in [4.78, 5) is 0. The zero-order valence-corrected chi connectivity index (χ0v) is 9.28. The van der Waals surface area contributed by atoms with E-state index in [1.165, 1.54) is 12.1 Å². The lowest BCUT2D eigenvalue weighted by molar-refractivity contribution is -0.289. The van der Waals surface area contributed by atoms with Crippen molar-refractivity contribution in [1.82, 2.24) is 5.32 Å². The summed E-state index contributed by atoms with van der Waals surface area (Å²) in [5.41, 5.74) is -0.654. The minimum Gasteiger partial charge on any atom is -0.313 e. The van der Waals surface area contributed by atoms with Crippen LogP contribution in [-0.2, 0) is 5.92 Å². The Morgan fingerprint density at radius 2 is 1.71 bits per heavy atom. The van der Waals surface area contributed by atoms with Crippen LogP contribution in [0.2, 0.25) is 0 Å². The van der Waals surface area contributed by atoms with Gasteiger partial charge >= 0.3 is 12.1 Å². The fourth-order valence-electron chi connectivity index (χ4n) is 1.33. The van der Waals surface area contributed by atoms with Gasteiger partial charge in [0, 0.05) is 11.6 Å². The highest BCUT2D eigenvalue weighted by Gasteiger charge is 2.58. The highest BCUT2D eigenvalue weighted by Crippen LogP contribution is 2.44. The van der Waals surface area contributed by atoms with Crippen LogP contribution >= 0.6 is 0 Å². The van der Waals surface area contributed by atoms with Gasteiger partial charge in [0.15, 0.2) is 0 Å². The highest BCUT2D eigenvalue weighted by atomic mass is 19.4. The van der Waals surface area contributed by atoms with Crippen molar-refractivity contribution in [2.75, 3.05) is 7.05 Å². The smallest absolute Gasteiger partial charge is 0.313 e. The SMILES string of the molecule is CNC(C)c1cccc(C(F)(F)C(F)(F)F)c1. The maximum atomic E-state index is 13.1. The van der Waals surface area contributed by atoms with Crippen molar-refractivity contribution in [2.45, 2.75) is 25.1 Å². The van der Waals surface area contributed by atoms with Crippen LogP contribution in [0.25, 0.3) is 0 Å². The molecule has 1 atom stereocenters. The molecule has 1 aromatic rings. The summed E-state index contributed by atoms with van der Waals surface area (Å²) in [6.07, 6.45) is -5.57. The van der Waals surface area contributed by atoms with Crippen molar-refractivity contribution in [2.24, 2.45) is 0 Å². The van der Waals surface area contributed by atoms with Gasteiger partial charge < -0.3 is 5.32 Å². The van der Waals surface area contributed by atoms with E-state index >= 15 is 0 Å². The molecule has 0 bridgehead atoms. The normalized spacial score (nSPS) is 14.8. The molecule has 0 aliphatic heterocycles. The van der Waals surface area contributed by atoms with Gasteiger partial charge in [0.2, 0.25) is 0 Å². The van der Waals surface area contributed by atoms with Gasteiger partial charge in [-0.1, -0.05) is 18.2 Å². The maximum absolute atomic E-state index is 13.1. The molecule has 1 nitrogen and oxygen atoms in total. The second kappa shape index (κ2) is 4.60. The predicted octanol–water partition coefficient (Wildman–Crippen LogP) is 3.62. The van der Waals surface area contributed by atoms with Crippen molar-refractivity contribution in [1.29, 1.82) is 0 Å². The number of alkyl halides is 5. The Morgan fingerprint density at radius 3 is 2.18 bits per heavy atom. The molecule has 96 valence electrons. The molecule has 0 fully saturated rings. The van der Waals surface area contributed by atoms with E-state index in [0.717, 1.165) is 12.1 Å². The van der Waals surface area contributed by atoms with E-state index in [0.29, 0.717) is 5.56 Å². The zero-order valence-electron chi connectivity index (χ0n) is 9.28. The first-order chi connectivity index (χ1) is 7.70. The Hall–Kier alpha value is -1.17. The topological polar surface area (TPSA) is 12.0 Å². The maximum Gasteiger partial charge on any atom is 0.458 e. The minimum absolute atomic E-state index is 0.293. The molecular formula is C11H12F5N. The Morgan fingerprint density at radius 1 is 1.12 bits per heavy atom. The molecule has 0 aromatic heterocycles. The molecular weight excluding hydrogens is 241 g/mol. The molecule has 1 N–H and O–H groups in total. The number of benzene rings is 1. The summed E-state index contributed by atoms with van der Waals surface area (Å²) in [6.45, 7) is 1.67. The quantitative estimate of drug-likeness (QED) is 0.811. The molecule has 0 amide bonds. The van der Waals surface area contributed by atoms with Gasteiger partial charge in [-0.05, 0) is 25.6 Å². The van der Waals surface area contributed by atoms with Crippen LogP contribution in [0.1, 0.15) is 24.1 Å². The van der Waals surface area contributed by atoms with Crippen LogP contribution in [0.3, 0.4) is 0 Å². The fraction of sp³-hybridized carbons (Fsp3) is 0.455. The third-order valence-corrected chi connectivity index (χ3v) is 2.54. The lowest BCUT2D eigenvalue weighted by Crippen LogP contribution is -2.33. The summed E-state index contributed by atoms with van der Waals surface area (Å²) < 4.78 is 62.6. The number of nitrogens with one attached hydrogen (secondary N) is 1. The van der Waals surface area contributed by atoms with Crippen LogP contribution in [0.5, 0.6) is 0 Å². The molecule has 0 heterocycles. The number of rotatable bonds is 3. The van der Waals surface area contributed by atoms with E-state index in [1.807, 2.05) is 0 Å². The third kappa shape index (κ3) is 2.74. The number of hydrogen-bond donors (Lipinski definition) is 1. The summed E-state index contributed by atoms with van der Waals surface area (Å²) >= 11 is 0. The monoisotopic (exact) mass is 253 g/mol. The second-order valence-electron chi connectivity index (χ2n) is 3.71. The first-order valence-electron chi connectivity index (χ1n) is 4.92. The average Bonchev–Trinajstić information content (AvgIpc) is 2.26. The first-order valence-corrected chi connectivity index (χ1v) is 4.92. The second-order valence-corrected chi connectivity index (χ2v) is 3.71. The van der Waals surface area contributed by atoms with Crippen molar-refractivity contribution in [3.8, 4) is 0 Å². The van der Waals surface area contributed by atoms with Crippen LogP contribution in [-0.4, -0.2) is 13.2 Å². The van der Waals surface area contributed by atoms with Crippen LogP contribution in [0.15, 0.2) is 24.3 Å². The molecule has 0 radical (unpaired) electrons. The van der Waals surface area contributed by atoms with Crippen molar-refractivity contribution < 1.29 is 22.0 Å². The minimum atomic E-state index is -5.57. The fourth-order valence-corrected chi connectivity index (χ4v) is 1.33. The van der Waals surface area contributed by atoms with E-state index in [1.54, 1.807) is 14.0 Å². The molecule has 0 aliphatic rings. The molecule has 0 aliphatic carbocycles. The summed E-state index contributed by atoms with van der Waals surface area (Å²) in [5.74, 6) is -4.82. The molecule has 6 heteroatoms. The zero-order chi connectivity index (χ0) is 13.3. The van der Waals surface area contributed by atoms with Gasteiger partial charge in [0.25, 0.3) is 0 Å². The van der Waals surface area contributed by atoms with Crippen molar-refractivity contribution >= 4 is 0 Å². The predicted molar refractivity (Wildman–Crippen MR) is 53.9 cm³/mol. The van der Waals surface area contributed by atoms with Crippen molar-refractivity contribution in [3.05, 3.63) is 35.4 Å². The van der Waals surface area contributed by atoms with Gasteiger partial charge in [-0.15, -0.1) is 0 Å². The first kappa shape index (κ1) is 13.9. The van der Waals surface area contributed by atoms with Crippen LogP contribution < -0.4 is 5.32 Å². The van der Waals surface area contributed by atoms with E-state index in [2.05, 4.69) is 5.32 Å². The molecule has 1 rings (SSSR count). The largest absolute Gasteiger partial charge is 0.458 e. The van der Waals surface area contributed by atoms with Gasteiger partial charge in [0.1, 0.15) is 0 Å². The lowest BCUT2D eigenvalue weighted by atomic mass is 10.0. The molecule has 1 aromatic carbocycles.